The molecule has 6 heteroatoms. The summed E-state index contributed by atoms with van der Waals surface area (Å²) in [6, 6.07) is 38.2. The zero-order valence-corrected chi connectivity index (χ0v) is 31.8. The number of hydrogen-bond acceptors (Lipinski definition) is 3. The predicted octanol–water partition coefficient (Wildman–Crippen LogP) is 9.99. The van der Waals surface area contributed by atoms with Crippen molar-refractivity contribution in [1.29, 1.82) is 0 Å². The molecule has 0 unspecified atom stereocenters. The van der Waals surface area contributed by atoms with Crippen LogP contribution in [0.4, 0.5) is 0 Å². The molecule has 7 rings (SSSR count). The number of fused-ring (bicyclic) bond motifs is 3. The molecule has 1 aliphatic rings. The van der Waals surface area contributed by atoms with Crippen LogP contribution in [-0.4, -0.2) is 17.8 Å². The van der Waals surface area contributed by atoms with Gasteiger partial charge in [0.1, 0.15) is 0 Å². The van der Waals surface area contributed by atoms with Gasteiger partial charge in [0.05, 0.1) is 0 Å². The third-order valence-electron chi connectivity index (χ3n) is 8.77. The Morgan fingerprint density at radius 1 is 0.830 bits per heavy atom. The molecule has 2 nitrogen and oxygen atoms in total. The molecular formula is C41H36NOOsPS2+. The molecule has 0 saturated carbocycles. The van der Waals surface area contributed by atoms with Gasteiger partial charge in [-0.1, -0.05) is 0 Å². The van der Waals surface area contributed by atoms with E-state index in [-0.39, 0.29) is 0 Å². The van der Waals surface area contributed by atoms with Crippen LogP contribution in [-0.2, 0) is 29.7 Å². The first-order chi connectivity index (χ1) is 23.1. The van der Waals surface area contributed by atoms with Crippen LogP contribution in [0.15, 0.2) is 138 Å². The number of thiophene rings is 2. The zero-order valence-electron chi connectivity index (χ0n) is 26.7. The average Bonchev–Trinajstić information content (AvgIpc) is 3.89. The second kappa shape index (κ2) is 14.0. The molecule has 0 spiro atoms. The van der Waals surface area contributed by atoms with E-state index >= 15 is 0 Å². The summed E-state index contributed by atoms with van der Waals surface area (Å²) in [4.78, 5) is 2.56. The van der Waals surface area contributed by atoms with Crippen LogP contribution in [0.3, 0.4) is 0 Å². The molecule has 4 heterocycles. The van der Waals surface area contributed by atoms with E-state index in [0.717, 1.165) is 6.42 Å². The molecule has 1 aliphatic heterocycles. The SMILES string of the molecule is C/C=C/c1cc2c(s1)c1sc(C(C=C3COCC3=CCC)=C([C]#[Os])[P+](c3ccccc3)(c3ccccc3)c3ccccc3)cc1n2C. The summed E-state index contributed by atoms with van der Waals surface area (Å²) in [7, 11) is -0.196. The van der Waals surface area contributed by atoms with Crippen molar-refractivity contribution >= 4 is 77.9 Å². The van der Waals surface area contributed by atoms with Crippen LogP contribution in [0.5, 0.6) is 0 Å². The van der Waals surface area contributed by atoms with Gasteiger partial charge < -0.3 is 0 Å². The van der Waals surface area contributed by atoms with E-state index in [2.05, 4.69) is 157 Å². The Kier molecular flexibility index (Phi) is 9.59. The molecule has 0 amide bonds. The second-order valence-corrected chi connectivity index (χ2v) is 17.7. The number of benzene rings is 3. The van der Waals surface area contributed by atoms with Gasteiger partial charge in [-0.3, -0.25) is 0 Å². The van der Waals surface area contributed by atoms with Crippen LogP contribution in [0, 0.1) is 4.37 Å². The Hall–Kier alpha value is -3.37. The minimum absolute atomic E-state index is 0.620. The first kappa shape index (κ1) is 32.2. The second-order valence-electron chi connectivity index (χ2n) is 11.6. The van der Waals surface area contributed by atoms with Gasteiger partial charge in [-0.25, -0.2) is 0 Å². The molecule has 47 heavy (non-hydrogen) atoms. The van der Waals surface area contributed by atoms with Crippen LogP contribution >= 0.6 is 29.9 Å². The van der Waals surface area contributed by atoms with Crippen molar-refractivity contribution in [3.05, 3.63) is 148 Å². The molecular weight excluding hydrogens is 808 g/mol. The molecule has 1 saturated heterocycles. The molecule has 0 radical (unpaired) electrons. The van der Waals surface area contributed by atoms with Crippen LogP contribution in [0.25, 0.3) is 32.1 Å². The maximum atomic E-state index is 6.08. The number of rotatable bonds is 8. The first-order valence-electron chi connectivity index (χ1n) is 15.9. The quantitative estimate of drug-likeness (QED) is 0.139. The molecule has 0 bridgehead atoms. The number of hydrogen-bond donors (Lipinski definition) is 0. The van der Waals surface area contributed by atoms with E-state index in [1.165, 1.54) is 68.1 Å². The van der Waals surface area contributed by atoms with Gasteiger partial charge in [-0.2, -0.15) is 0 Å². The Balaban J connectivity index is 1.62. The number of nitrogens with zero attached hydrogens (tertiary/aromatic N) is 1. The number of aryl methyl sites for hydroxylation is 1. The molecule has 1 fully saturated rings. The summed E-state index contributed by atoms with van der Waals surface area (Å²) < 4.78 is 15.1. The van der Waals surface area contributed by atoms with Gasteiger partial charge >= 0.3 is 298 Å². The number of ether oxygens (including phenoxy) is 1. The standard InChI is InChI=1S/C41H36NOPS2.Os/c1-5-16-30-27-43-28-31(30)24-36(39-26-38-41(46-39)40-37(42(38)4)25-35(45-40)17-6-2)29(3)44(32-18-10-7-11-19-32,33-20-12-8-13-21-33)34-22-14-9-15-23-34;/h6-26H,5,27-28H2,1-2,4H3;/q+1;/b17-6+,30-16?,31-24?,36-29?;. The van der Waals surface area contributed by atoms with Crippen LogP contribution < -0.4 is 15.9 Å². The Morgan fingerprint density at radius 3 is 1.94 bits per heavy atom. The van der Waals surface area contributed by atoms with Gasteiger partial charge in [0.15, 0.2) is 0 Å². The maximum absolute atomic E-state index is 6.08. The van der Waals surface area contributed by atoms with Gasteiger partial charge in [-0.15, -0.1) is 0 Å². The fourth-order valence-electron chi connectivity index (χ4n) is 6.65. The summed E-state index contributed by atoms with van der Waals surface area (Å²) in [5.41, 5.74) is 6.38. The van der Waals surface area contributed by atoms with Crippen molar-refractivity contribution in [3.8, 4) is 4.37 Å². The normalized spacial score (nSPS) is 16.1. The summed E-state index contributed by atoms with van der Waals surface area (Å²) in [6.45, 7) is 5.57. The van der Waals surface area contributed by atoms with Crippen molar-refractivity contribution < 1.29 is 22.7 Å². The molecule has 0 atom stereocenters. The summed E-state index contributed by atoms with van der Waals surface area (Å²) >= 11 is 5.64. The van der Waals surface area contributed by atoms with E-state index in [4.69, 9.17) is 4.74 Å². The van der Waals surface area contributed by atoms with E-state index in [1.54, 1.807) is 0 Å². The first-order valence-corrected chi connectivity index (χ1v) is 20.6. The predicted molar refractivity (Wildman–Crippen MR) is 204 cm³/mol. The van der Waals surface area contributed by atoms with E-state index in [9.17, 15) is 0 Å². The topological polar surface area (TPSA) is 14.2 Å². The monoisotopic (exact) mass is 845 g/mol. The molecule has 235 valence electrons. The van der Waals surface area contributed by atoms with Crippen molar-refractivity contribution in [2.24, 2.45) is 7.05 Å². The fourth-order valence-corrected chi connectivity index (χ4v) is 15.1. The van der Waals surface area contributed by atoms with Gasteiger partial charge in [0, 0.05) is 0 Å². The summed E-state index contributed by atoms with van der Waals surface area (Å²) in [5, 5.41) is 5.24. The van der Waals surface area contributed by atoms with Gasteiger partial charge in [0.2, 0.25) is 0 Å². The average molecular weight is 844 g/mol. The molecule has 0 N–H and O–H groups in total. The number of allylic oxidation sites excluding steroid dienone is 5. The number of aromatic nitrogens is 1. The van der Waals surface area contributed by atoms with E-state index in [1.807, 2.05) is 40.6 Å². The van der Waals surface area contributed by atoms with Gasteiger partial charge in [0.25, 0.3) is 0 Å². The van der Waals surface area contributed by atoms with Crippen molar-refractivity contribution in [1.82, 2.24) is 4.57 Å². The van der Waals surface area contributed by atoms with Crippen LogP contribution in [0.2, 0.25) is 0 Å². The minimum atomic E-state index is -2.40. The Labute approximate surface area is 295 Å². The van der Waals surface area contributed by atoms with Crippen LogP contribution in [0.1, 0.15) is 30.0 Å². The third kappa shape index (κ3) is 5.75. The summed E-state index contributed by atoms with van der Waals surface area (Å²) in [5.74, 6) is 0. The molecule has 3 aromatic carbocycles. The van der Waals surface area contributed by atoms with E-state index in [0.29, 0.717) is 13.2 Å². The molecule has 6 aromatic rings. The Morgan fingerprint density at radius 2 is 1.38 bits per heavy atom. The van der Waals surface area contributed by atoms with Gasteiger partial charge in [-0.05, 0) is 0 Å². The van der Waals surface area contributed by atoms with Crippen molar-refractivity contribution in [2.75, 3.05) is 13.2 Å². The Bertz CT molecular complexity index is 2130. The third-order valence-corrected chi connectivity index (χ3v) is 16.6. The molecule has 0 aliphatic carbocycles. The van der Waals surface area contributed by atoms with Crippen molar-refractivity contribution in [3.63, 3.8) is 0 Å². The zero-order chi connectivity index (χ0) is 32.4. The van der Waals surface area contributed by atoms with E-state index < -0.39 is 7.26 Å². The fraction of sp³-hybridized carbons (Fsp3) is 0.146. The molecule has 3 aromatic heterocycles. The van der Waals surface area contributed by atoms with Crippen molar-refractivity contribution in [2.45, 2.75) is 20.3 Å². The summed E-state index contributed by atoms with van der Waals surface area (Å²) in [6.07, 6.45) is 10.1.